The molecule has 0 saturated carbocycles. The Labute approximate surface area is 103 Å². The second kappa shape index (κ2) is 4.33. The zero-order valence-electron chi connectivity index (χ0n) is 9.59. The van der Waals surface area contributed by atoms with Crippen LogP contribution in [0, 0.1) is 0 Å². The predicted molar refractivity (Wildman–Crippen MR) is 69.9 cm³/mol. The highest BCUT2D eigenvalue weighted by molar-refractivity contribution is 5.88. The number of nitrogen functional groups attached to an aromatic ring is 1. The second-order valence-corrected chi connectivity index (χ2v) is 3.95. The third-order valence-corrected chi connectivity index (χ3v) is 2.71. The topological polar surface area (TPSA) is 92.5 Å². The number of nitrogens with zero attached hydrogens (tertiary/aromatic N) is 3. The quantitative estimate of drug-likeness (QED) is 0.604. The molecule has 0 aliphatic heterocycles. The van der Waals surface area contributed by atoms with Gasteiger partial charge in [0.15, 0.2) is 0 Å². The normalized spacial score (nSPS) is 10.7. The summed E-state index contributed by atoms with van der Waals surface area (Å²) in [7, 11) is 0. The van der Waals surface area contributed by atoms with Crippen LogP contribution >= 0.6 is 0 Å². The molecule has 6 nitrogen and oxygen atoms in total. The zero-order valence-corrected chi connectivity index (χ0v) is 9.59. The number of benzene rings is 1. The minimum atomic E-state index is 0.604. The summed E-state index contributed by atoms with van der Waals surface area (Å²) in [5.74, 6) is 0. The van der Waals surface area contributed by atoms with Crippen molar-refractivity contribution in [3.63, 3.8) is 0 Å². The molecule has 18 heavy (non-hydrogen) atoms. The molecule has 3 rings (SSSR count). The molecule has 0 spiro atoms. The molecular formula is C12H12N6. The Morgan fingerprint density at radius 2 is 2.28 bits per heavy atom. The number of rotatable bonds is 3. The van der Waals surface area contributed by atoms with Crippen molar-refractivity contribution in [2.45, 2.75) is 6.54 Å². The number of nitrogens with one attached hydrogen (secondary N) is 2. The second-order valence-electron chi connectivity index (χ2n) is 3.95. The van der Waals surface area contributed by atoms with E-state index < -0.39 is 0 Å². The Morgan fingerprint density at radius 3 is 3.11 bits per heavy atom. The van der Waals surface area contributed by atoms with E-state index in [-0.39, 0.29) is 0 Å². The maximum Gasteiger partial charge on any atom is 0.115 e. The Balaban J connectivity index is 1.84. The van der Waals surface area contributed by atoms with E-state index >= 15 is 0 Å². The van der Waals surface area contributed by atoms with Gasteiger partial charge in [0.1, 0.15) is 6.33 Å². The van der Waals surface area contributed by atoms with Crippen LogP contribution in [0.3, 0.4) is 0 Å². The van der Waals surface area contributed by atoms with Gasteiger partial charge in [-0.3, -0.25) is 5.10 Å². The molecule has 0 saturated heterocycles. The summed E-state index contributed by atoms with van der Waals surface area (Å²) in [6, 6.07) is 5.69. The first-order chi connectivity index (χ1) is 8.83. The van der Waals surface area contributed by atoms with E-state index in [1.54, 1.807) is 12.4 Å². The van der Waals surface area contributed by atoms with E-state index in [9.17, 15) is 0 Å². The maximum absolute atomic E-state index is 5.97. The molecule has 0 fully saturated rings. The third-order valence-electron chi connectivity index (χ3n) is 2.71. The number of aromatic amines is 1. The van der Waals surface area contributed by atoms with Crippen molar-refractivity contribution >= 4 is 22.3 Å². The third kappa shape index (κ3) is 1.95. The summed E-state index contributed by atoms with van der Waals surface area (Å²) in [5.41, 5.74) is 9.40. The highest BCUT2D eigenvalue weighted by atomic mass is 15.1. The molecule has 0 radical (unpaired) electrons. The summed E-state index contributed by atoms with van der Waals surface area (Å²) >= 11 is 0. The lowest BCUT2D eigenvalue weighted by Gasteiger charge is -2.08. The molecule has 0 aliphatic rings. The van der Waals surface area contributed by atoms with Crippen molar-refractivity contribution < 1.29 is 0 Å². The summed E-state index contributed by atoms with van der Waals surface area (Å²) in [4.78, 5) is 8.02. The van der Waals surface area contributed by atoms with Crippen LogP contribution in [0.25, 0.3) is 10.9 Å². The fourth-order valence-electron chi connectivity index (χ4n) is 1.77. The SMILES string of the molecule is Nc1cc2cn[nH]c2cc1NCc1ccncn1. The first kappa shape index (κ1) is 10.5. The summed E-state index contributed by atoms with van der Waals surface area (Å²) in [6.45, 7) is 0.604. The standard InChI is InChI=1S/C12H12N6/c13-10-3-8-5-17-18-11(8)4-12(10)15-6-9-1-2-14-7-16-9/h1-5,7,15H,6,13H2,(H,17,18). The molecule has 0 amide bonds. The van der Waals surface area contributed by atoms with Gasteiger partial charge in [-0.15, -0.1) is 0 Å². The number of nitrogens with two attached hydrogens (primary N) is 1. The van der Waals surface area contributed by atoms with Crippen molar-refractivity contribution in [3.8, 4) is 0 Å². The Kier molecular flexibility index (Phi) is 2.53. The predicted octanol–water partition coefficient (Wildman–Crippen LogP) is 1.55. The van der Waals surface area contributed by atoms with Gasteiger partial charge in [-0.2, -0.15) is 5.10 Å². The van der Waals surface area contributed by atoms with Crippen LogP contribution in [0.5, 0.6) is 0 Å². The van der Waals surface area contributed by atoms with Crippen LogP contribution in [0.15, 0.2) is 36.9 Å². The number of hydrogen-bond acceptors (Lipinski definition) is 5. The first-order valence-electron chi connectivity index (χ1n) is 5.54. The molecule has 90 valence electrons. The lowest BCUT2D eigenvalue weighted by Crippen LogP contribution is -2.04. The lowest BCUT2D eigenvalue weighted by atomic mass is 10.2. The smallest absolute Gasteiger partial charge is 0.115 e. The monoisotopic (exact) mass is 240 g/mol. The lowest BCUT2D eigenvalue weighted by molar-refractivity contribution is 1.01. The van der Waals surface area contributed by atoms with Gasteiger partial charge >= 0.3 is 0 Å². The van der Waals surface area contributed by atoms with E-state index in [0.717, 1.165) is 22.3 Å². The zero-order chi connectivity index (χ0) is 12.4. The molecule has 0 atom stereocenters. The minimum Gasteiger partial charge on any atom is -0.397 e. The van der Waals surface area contributed by atoms with Gasteiger partial charge in [-0.1, -0.05) is 0 Å². The number of hydrogen-bond donors (Lipinski definition) is 3. The van der Waals surface area contributed by atoms with Gasteiger partial charge in [0, 0.05) is 11.6 Å². The van der Waals surface area contributed by atoms with Gasteiger partial charge in [0.25, 0.3) is 0 Å². The van der Waals surface area contributed by atoms with Crippen LogP contribution in [-0.2, 0) is 6.54 Å². The minimum absolute atomic E-state index is 0.604. The van der Waals surface area contributed by atoms with Crippen LogP contribution in [0.2, 0.25) is 0 Å². The van der Waals surface area contributed by atoms with Gasteiger partial charge in [-0.25, -0.2) is 9.97 Å². The van der Waals surface area contributed by atoms with Crippen molar-refractivity contribution in [1.29, 1.82) is 0 Å². The van der Waals surface area contributed by atoms with E-state index in [0.29, 0.717) is 12.2 Å². The molecule has 2 aromatic heterocycles. The van der Waals surface area contributed by atoms with Gasteiger partial charge < -0.3 is 11.1 Å². The van der Waals surface area contributed by atoms with E-state index in [1.165, 1.54) is 6.33 Å². The summed E-state index contributed by atoms with van der Waals surface area (Å²) in [6.07, 6.45) is 4.99. The molecule has 1 aromatic carbocycles. The largest absolute Gasteiger partial charge is 0.397 e. The number of fused-ring (bicyclic) bond motifs is 1. The Hall–Kier alpha value is -2.63. The van der Waals surface area contributed by atoms with Crippen LogP contribution in [0.4, 0.5) is 11.4 Å². The van der Waals surface area contributed by atoms with E-state index in [1.807, 2.05) is 18.2 Å². The Bertz CT molecular complexity index is 661. The highest BCUT2D eigenvalue weighted by Gasteiger charge is 2.03. The van der Waals surface area contributed by atoms with Crippen molar-refractivity contribution in [2.75, 3.05) is 11.1 Å². The molecule has 3 aromatic rings. The molecule has 0 aliphatic carbocycles. The van der Waals surface area contributed by atoms with Crippen molar-refractivity contribution in [3.05, 3.63) is 42.6 Å². The van der Waals surface area contributed by atoms with Crippen molar-refractivity contribution in [2.24, 2.45) is 0 Å². The molecule has 0 unspecified atom stereocenters. The molecule has 4 N–H and O–H groups in total. The molecule has 0 bridgehead atoms. The average molecular weight is 240 g/mol. The van der Waals surface area contributed by atoms with Crippen molar-refractivity contribution in [1.82, 2.24) is 20.2 Å². The van der Waals surface area contributed by atoms with E-state index in [4.69, 9.17) is 5.73 Å². The summed E-state index contributed by atoms with van der Waals surface area (Å²) in [5, 5.41) is 11.1. The van der Waals surface area contributed by atoms with Crippen LogP contribution in [0.1, 0.15) is 5.69 Å². The summed E-state index contributed by atoms with van der Waals surface area (Å²) < 4.78 is 0. The number of anilines is 2. The van der Waals surface area contributed by atoms with Gasteiger partial charge in [-0.05, 0) is 18.2 Å². The highest BCUT2D eigenvalue weighted by Crippen LogP contribution is 2.24. The number of aromatic nitrogens is 4. The van der Waals surface area contributed by atoms with Crippen LogP contribution in [-0.4, -0.2) is 20.2 Å². The fraction of sp³-hybridized carbons (Fsp3) is 0.0833. The molecule has 2 heterocycles. The number of H-pyrrole nitrogens is 1. The average Bonchev–Trinajstić information content (AvgIpc) is 2.84. The van der Waals surface area contributed by atoms with E-state index in [2.05, 4.69) is 25.5 Å². The maximum atomic E-state index is 5.97. The Morgan fingerprint density at radius 1 is 1.33 bits per heavy atom. The van der Waals surface area contributed by atoms with Crippen LogP contribution < -0.4 is 11.1 Å². The van der Waals surface area contributed by atoms with Gasteiger partial charge in [0.05, 0.1) is 35.3 Å². The van der Waals surface area contributed by atoms with Gasteiger partial charge in [0.2, 0.25) is 0 Å². The molecular weight excluding hydrogens is 228 g/mol. The molecule has 6 heteroatoms. The first-order valence-corrected chi connectivity index (χ1v) is 5.54. The fourth-order valence-corrected chi connectivity index (χ4v) is 1.77.